The van der Waals surface area contributed by atoms with E-state index >= 15 is 0 Å². The van der Waals surface area contributed by atoms with Crippen LogP contribution in [0.5, 0.6) is 11.5 Å². The summed E-state index contributed by atoms with van der Waals surface area (Å²) in [5.41, 5.74) is -0.0999. The second-order valence-corrected chi connectivity index (χ2v) is 10.9. The fourth-order valence-electron chi connectivity index (χ4n) is 3.42. The maximum absolute atomic E-state index is 14.8. The number of carbonyl (C=O) groups is 2. The first-order valence-electron chi connectivity index (χ1n) is 10.9. The Morgan fingerprint density at radius 1 is 1.03 bits per heavy atom. The first-order valence-corrected chi connectivity index (χ1v) is 13.2. The summed E-state index contributed by atoms with van der Waals surface area (Å²) in [7, 11) is -2.68. The molecule has 0 radical (unpaired) electrons. The molecule has 3 rings (SSSR count). The molecule has 0 aliphatic heterocycles. The predicted octanol–water partition coefficient (Wildman–Crippen LogP) is 5.60. The first kappa shape index (κ1) is 28.2. The Bertz CT molecular complexity index is 1440. The molecule has 8 nitrogen and oxygen atoms in total. The van der Waals surface area contributed by atoms with E-state index in [2.05, 4.69) is 10.6 Å². The number of benzene rings is 3. The molecule has 2 amide bonds. The molecule has 1 unspecified atom stereocenters. The van der Waals surface area contributed by atoms with E-state index in [1.807, 2.05) is 0 Å². The maximum Gasteiger partial charge on any atom is 0.255 e. The molecule has 12 heteroatoms. The molecule has 196 valence electrons. The number of anilines is 2. The fraction of sp³-hybridized carbons (Fsp3) is 0.200. The van der Waals surface area contributed by atoms with Crippen LogP contribution in [-0.2, 0) is 14.6 Å². The highest BCUT2D eigenvalue weighted by atomic mass is 35.5. The van der Waals surface area contributed by atoms with Crippen LogP contribution < -0.4 is 15.4 Å². The fourth-order valence-corrected chi connectivity index (χ4v) is 5.53. The number of hydrogen-bond acceptors (Lipinski definition) is 6. The minimum absolute atomic E-state index is 0.0762. The second-order valence-electron chi connectivity index (χ2n) is 7.97. The van der Waals surface area contributed by atoms with E-state index in [1.54, 1.807) is 6.92 Å². The maximum atomic E-state index is 14.8. The summed E-state index contributed by atoms with van der Waals surface area (Å²) in [5.74, 6) is -2.85. The van der Waals surface area contributed by atoms with Crippen molar-refractivity contribution in [1.29, 1.82) is 0 Å². The molecule has 0 bridgehead atoms. The van der Waals surface area contributed by atoms with Gasteiger partial charge in [-0.05, 0) is 55.3 Å². The van der Waals surface area contributed by atoms with Crippen LogP contribution in [0.3, 0.4) is 0 Å². The number of amides is 2. The van der Waals surface area contributed by atoms with Crippen molar-refractivity contribution < 1.29 is 32.2 Å². The Kier molecular flexibility index (Phi) is 8.68. The molecule has 3 N–H and O–H groups in total. The molecule has 0 aromatic heterocycles. The van der Waals surface area contributed by atoms with Crippen LogP contribution in [-0.4, -0.2) is 37.7 Å². The van der Waals surface area contributed by atoms with Gasteiger partial charge in [0.2, 0.25) is 5.91 Å². The molecule has 0 spiro atoms. The van der Waals surface area contributed by atoms with Crippen LogP contribution in [0.1, 0.15) is 29.3 Å². The van der Waals surface area contributed by atoms with E-state index in [9.17, 15) is 27.5 Å². The molecule has 0 heterocycles. The van der Waals surface area contributed by atoms with E-state index in [4.69, 9.17) is 27.9 Å². The van der Waals surface area contributed by atoms with Gasteiger partial charge < -0.3 is 20.5 Å². The number of sulfone groups is 1. The Hall–Kier alpha value is -3.34. The van der Waals surface area contributed by atoms with Gasteiger partial charge in [-0.1, -0.05) is 30.1 Å². The summed E-state index contributed by atoms with van der Waals surface area (Å²) in [6, 6.07) is 9.90. The van der Waals surface area contributed by atoms with Gasteiger partial charge in [-0.25, -0.2) is 12.8 Å². The van der Waals surface area contributed by atoms with E-state index in [1.165, 1.54) is 50.4 Å². The van der Waals surface area contributed by atoms with Gasteiger partial charge in [0.25, 0.3) is 5.91 Å². The molecule has 3 aromatic carbocycles. The molecule has 3 aromatic rings. The highest BCUT2D eigenvalue weighted by molar-refractivity contribution is 7.92. The van der Waals surface area contributed by atoms with Crippen LogP contribution >= 0.6 is 23.2 Å². The lowest BCUT2D eigenvalue weighted by atomic mass is 10.1. The molecular weight excluding hydrogens is 546 g/mol. The van der Waals surface area contributed by atoms with Crippen molar-refractivity contribution in [2.75, 3.05) is 17.7 Å². The first-order chi connectivity index (χ1) is 17.4. The van der Waals surface area contributed by atoms with Crippen molar-refractivity contribution in [2.45, 2.75) is 30.4 Å². The smallest absolute Gasteiger partial charge is 0.255 e. The third-order valence-corrected chi connectivity index (χ3v) is 8.57. The van der Waals surface area contributed by atoms with Crippen LogP contribution in [0, 0.1) is 12.7 Å². The quantitative estimate of drug-likeness (QED) is 0.304. The molecular formula is C25H23Cl2FN2O6S. The van der Waals surface area contributed by atoms with Crippen molar-refractivity contribution >= 4 is 56.2 Å². The van der Waals surface area contributed by atoms with Crippen LogP contribution in [0.15, 0.2) is 53.4 Å². The average Bonchev–Trinajstić information content (AvgIpc) is 2.85. The Balaban J connectivity index is 1.81. The average molecular weight is 569 g/mol. The largest absolute Gasteiger partial charge is 0.506 e. The third-order valence-electron chi connectivity index (χ3n) is 5.56. The van der Waals surface area contributed by atoms with Crippen molar-refractivity contribution in [3.8, 4) is 11.5 Å². The summed E-state index contributed by atoms with van der Waals surface area (Å²) in [4.78, 5) is 25.3. The zero-order valence-electron chi connectivity index (χ0n) is 19.9. The lowest BCUT2D eigenvalue weighted by Gasteiger charge is -2.17. The number of rotatable bonds is 8. The van der Waals surface area contributed by atoms with Gasteiger partial charge >= 0.3 is 0 Å². The Labute approximate surface area is 223 Å². The molecule has 1 atom stereocenters. The zero-order chi connectivity index (χ0) is 27.5. The van der Waals surface area contributed by atoms with Crippen molar-refractivity contribution in [3.05, 3.63) is 75.5 Å². The van der Waals surface area contributed by atoms with Gasteiger partial charge in [0.15, 0.2) is 9.84 Å². The monoisotopic (exact) mass is 568 g/mol. The molecule has 37 heavy (non-hydrogen) atoms. The second kappa shape index (κ2) is 11.4. The van der Waals surface area contributed by atoms with Gasteiger partial charge in [0, 0.05) is 27.7 Å². The normalized spacial score (nSPS) is 12.1. The lowest BCUT2D eigenvalue weighted by molar-refractivity contribution is -0.115. The molecule has 0 fully saturated rings. The number of nitrogens with one attached hydrogen (secondary N) is 2. The highest BCUT2D eigenvalue weighted by Crippen LogP contribution is 2.32. The van der Waals surface area contributed by atoms with Crippen molar-refractivity contribution in [2.24, 2.45) is 0 Å². The summed E-state index contributed by atoms with van der Waals surface area (Å²) in [6.45, 7) is 3.17. The van der Waals surface area contributed by atoms with Gasteiger partial charge in [-0.3, -0.25) is 9.59 Å². The van der Waals surface area contributed by atoms with E-state index < -0.39 is 44.2 Å². The zero-order valence-corrected chi connectivity index (χ0v) is 22.3. The number of aromatic hydroxyl groups is 1. The highest BCUT2D eigenvalue weighted by Gasteiger charge is 2.33. The minimum Gasteiger partial charge on any atom is -0.506 e. The number of hydrogen-bond donors (Lipinski definition) is 3. The lowest BCUT2D eigenvalue weighted by Crippen LogP contribution is -2.35. The van der Waals surface area contributed by atoms with Gasteiger partial charge in [0.05, 0.1) is 23.4 Å². The number of methoxy groups -OCH3 is 1. The van der Waals surface area contributed by atoms with Gasteiger partial charge in [-0.2, -0.15) is 0 Å². The Morgan fingerprint density at radius 3 is 2.16 bits per heavy atom. The third kappa shape index (κ3) is 6.15. The predicted molar refractivity (Wildman–Crippen MR) is 140 cm³/mol. The standard InChI is InChI=1S/C25H23Cl2FN2O6S/c1-4-23(37(34,35)16-7-5-15(36-3)6-8-16)25(33)29-20-12-22(31)21(11-19(20)28)30-24(32)14-9-17(26)13(2)18(27)10-14/h5-12,23,31H,4H2,1-3H3,(H,29,33)(H,30,32). The molecule has 0 aliphatic rings. The SMILES string of the molecule is CCC(C(=O)Nc1cc(O)c(NC(=O)c2cc(Cl)c(C)c(Cl)c2)cc1F)S(=O)(=O)c1ccc(OC)cc1. The van der Waals surface area contributed by atoms with Crippen LogP contribution in [0.4, 0.5) is 15.8 Å². The van der Waals surface area contributed by atoms with Gasteiger partial charge in [0.1, 0.15) is 22.6 Å². The van der Waals surface area contributed by atoms with Crippen LogP contribution in [0.2, 0.25) is 10.0 Å². The molecule has 0 saturated heterocycles. The number of carbonyl (C=O) groups excluding carboxylic acids is 2. The summed E-state index contributed by atoms with van der Waals surface area (Å²) in [6.07, 6.45) is -0.0936. The molecule has 0 saturated carbocycles. The summed E-state index contributed by atoms with van der Waals surface area (Å²) >= 11 is 12.1. The van der Waals surface area contributed by atoms with E-state index in [0.29, 0.717) is 11.3 Å². The number of phenols is 1. The van der Waals surface area contributed by atoms with Crippen molar-refractivity contribution in [3.63, 3.8) is 0 Å². The van der Waals surface area contributed by atoms with Crippen LogP contribution in [0.25, 0.3) is 0 Å². The van der Waals surface area contributed by atoms with Gasteiger partial charge in [-0.15, -0.1) is 0 Å². The van der Waals surface area contributed by atoms with E-state index in [0.717, 1.165) is 12.1 Å². The Morgan fingerprint density at radius 2 is 1.62 bits per heavy atom. The number of phenolic OH excluding ortho intramolecular Hbond substituents is 1. The minimum atomic E-state index is -4.11. The number of halogens is 3. The summed E-state index contributed by atoms with van der Waals surface area (Å²) in [5, 5.41) is 13.9. The van der Waals surface area contributed by atoms with Crippen molar-refractivity contribution in [1.82, 2.24) is 0 Å². The van der Waals surface area contributed by atoms with E-state index in [-0.39, 0.29) is 32.6 Å². The number of ether oxygens (including phenoxy) is 1. The topological polar surface area (TPSA) is 122 Å². The molecule has 0 aliphatic carbocycles. The summed E-state index contributed by atoms with van der Waals surface area (Å²) < 4.78 is 45.9.